The third-order valence-electron chi connectivity index (χ3n) is 3.26. The molecular formula is C15H18ClNO2. The number of aliphatic hydroxyl groups excluding tert-OH is 2. The average Bonchev–Trinajstić information content (AvgIpc) is 2.43. The van der Waals surface area contributed by atoms with Gasteiger partial charge in [-0.2, -0.15) is 0 Å². The van der Waals surface area contributed by atoms with Crippen molar-refractivity contribution in [2.45, 2.75) is 18.6 Å². The first kappa shape index (κ1) is 14.3. The van der Waals surface area contributed by atoms with E-state index in [4.69, 9.17) is 11.6 Å². The predicted octanol–water partition coefficient (Wildman–Crippen LogP) is 2.50. The summed E-state index contributed by atoms with van der Waals surface area (Å²) in [5.74, 6) is 0. The molecule has 0 bridgehead atoms. The van der Waals surface area contributed by atoms with Crippen LogP contribution in [0, 0.1) is 0 Å². The van der Waals surface area contributed by atoms with E-state index in [1.165, 1.54) is 0 Å². The Morgan fingerprint density at radius 2 is 1.84 bits per heavy atom. The number of halogens is 1. The second kappa shape index (κ2) is 6.35. The van der Waals surface area contributed by atoms with Crippen LogP contribution < -0.4 is 5.32 Å². The molecule has 0 saturated heterocycles. The SMILES string of the molecule is CNCCC(O)C(O)c1cccc2cccc(Cl)c12. The summed E-state index contributed by atoms with van der Waals surface area (Å²) in [7, 11) is 1.81. The highest BCUT2D eigenvalue weighted by atomic mass is 35.5. The summed E-state index contributed by atoms with van der Waals surface area (Å²) in [6, 6.07) is 11.2. The van der Waals surface area contributed by atoms with Gasteiger partial charge in [0.15, 0.2) is 0 Å². The lowest BCUT2D eigenvalue weighted by atomic mass is 9.96. The zero-order valence-electron chi connectivity index (χ0n) is 10.8. The topological polar surface area (TPSA) is 52.5 Å². The monoisotopic (exact) mass is 279 g/mol. The molecule has 2 unspecified atom stereocenters. The highest BCUT2D eigenvalue weighted by Crippen LogP contribution is 2.32. The summed E-state index contributed by atoms with van der Waals surface area (Å²) in [5.41, 5.74) is 0.673. The summed E-state index contributed by atoms with van der Waals surface area (Å²) >= 11 is 6.21. The van der Waals surface area contributed by atoms with Crippen LogP contribution in [0.1, 0.15) is 18.1 Å². The van der Waals surface area contributed by atoms with E-state index in [1.54, 1.807) is 6.07 Å². The summed E-state index contributed by atoms with van der Waals surface area (Å²) in [5, 5.41) is 25.6. The van der Waals surface area contributed by atoms with Gasteiger partial charge in [-0.05, 0) is 37.0 Å². The van der Waals surface area contributed by atoms with Crippen molar-refractivity contribution in [1.29, 1.82) is 0 Å². The van der Waals surface area contributed by atoms with Gasteiger partial charge >= 0.3 is 0 Å². The molecule has 2 aromatic carbocycles. The number of aliphatic hydroxyl groups is 2. The second-order valence-corrected chi connectivity index (χ2v) is 5.00. The van der Waals surface area contributed by atoms with Crippen molar-refractivity contribution in [3.05, 3.63) is 47.0 Å². The molecule has 0 amide bonds. The van der Waals surface area contributed by atoms with Gasteiger partial charge in [-0.3, -0.25) is 0 Å². The van der Waals surface area contributed by atoms with Gasteiger partial charge in [-0.1, -0.05) is 41.9 Å². The third-order valence-corrected chi connectivity index (χ3v) is 3.57. The number of hydrogen-bond donors (Lipinski definition) is 3. The van der Waals surface area contributed by atoms with E-state index in [0.717, 1.165) is 10.8 Å². The summed E-state index contributed by atoms with van der Waals surface area (Å²) < 4.78 is 0. The highest BCUT2D eigenvalue weighted by Gasteiger charge is 2.20. The number of hydrogen-bond acceptors (Lipinski definition) is 3. The van der Waals surface area contributed by atoms with E-state index in [0.29, 0.717) is 23.6 Å². The molecular weight excluding hydrogens is 262 g/mol. The molecule has 0 aromatic heterocycles. The van der Waals surface area contributed by atoms with Gasteiger partial charge in [-0.15, -0.1) is 0 Å². The van der Waals surface area contributed by atoms with Crippen molar-refractivity contribution in [2.75, 3.05) is 13.6 Å². The molecule has 0 fully saturated rings. The molecule has 0 aliphatic carbocycles. The van der Waals surface area contributed by atoms with Crippen molar-refractivity contribution < 1.29 is 10.2 Å². The summed E-state index contributed by atoms with van der Waals surface area (Å²) in [4.78, 5) is 0. The van der Waals surface area contributed by atoms with E-state index in [2.05, 4.69) is 5.32 Å². The number of fused-ring (bicyclic) bond motifs is 1. The van der Waals surface area contributed by atoms with Crippen LogP contribution in [0.15, 0.2) is 36.4 Å². The van der Waals surface area contributed by atoms with E-state index in [9.17, 15) is 10.2 Å². The molecule has 2 atom stereocenters. The zero-order valence-corrected chi connectivity index (χ0v) is 11.6. The maximum atomic E-state index is 10.3. The zero-order chi connectivity index (χ0) is 13.8. The smallest absolute Gasteiger partial charge is 0.106 e. The van der Waals surface area contributed by atoms with Crippen LogP contribution in [-0.2, 0) is 0 Å². The Bertz CT molecular complexity index is 554. The van der Waals surface area contributed by atoms with Gasteiger partial charge in [0.25, 0.3) is 0 Å². The summed E-state index contributed by atoms with van der Waals surface area (Å²) in [6.07, 6.45) is -1.26. The Kier molecular flexibility index (Phi) is 4.77. The molecule has 2 aromatic rings. The minimum absolute atomic E-state index is 0.485. The van der Waals surface area contributed by atoms with E-state index >= 15 is 0 Å². The third kappa shape index (κ3) is 3.07. The molecule has 2 rings (SSSR count). The molecule has 0 radical (unpaired) electrons. The Morgan fingerprint density at radius 1 is 1.16 bits per heavy atom. The maximum Gasteiger partial charge on any atom is 0.106 e. The number of nitrogens with one attached hydrogen (secondary N) is 1. The van der Waals surface area contributed by atoms with Crippen molar-refractivity contribution in [3.8, 4) is 0 Å². The van der Waals surface area contributed by atoms with Crippen LogP contribution in [0.2, 0.25) is 5.02 Å². The van der Waals surface area contributed by atoms with Crippen molar-refractivity contribution in [2.24, 2.45) is 0 Å². The lowest BCUT2D eigenvalue weighted by molar-refractivity contribution is 0.0149. The predicted molar refractivity (Wildman–Crippen MR) is 78.5 cm³/mol. The van der Waals surface area contributed by atoms with Crippen LogP contribution in [0.5, 0.6) is 0 Å². The molecule has 0 aliphatic heterocycles. The Balaban J connectivity index is 2.39. The fourth-order valence-electron chi connectivity index (χ4n) is 2.23. The Hall–Kier alpha value is -1.13. The molecule has 102 valence electrons. The van der Waals surface area contributed by atoms with Crippen LogP contribution in [0.25, 0.3) is 10.8 Å². The van der Waals surface area contributed by atoms with Crippen molar-refractivity contribution in [3.63, 3.8) is 0 Å². The Morgan fingerprint density at radius 3 is 2.53 bits per heavy atom. The molecule has 0 saturated carbocycles. The van der Waals surface area contributed by atoms with Gasteiger partial charge in [-0.25, -0.2) is 0 Å². The fourth-order valence-corrected chi connectivity index (χ4v) is 2.52. The van der Waals surface area contributed by atoms with Gasteiger partial charge in [0.05, 0.1) is 6.10 Å². The molecule has 0 aliphatic rings. The molecule has 3 N–H and O–H groups in total. The van der Waals surface area contributed by atoms with Crippen molar-refractivity contribution >= 4 is 22.4 Å². The first-order valence-corrected chi connectivity index (χ1v) is 6.71. The second-order valence-electron chi connectivity index (χ2n) is 4.59. The lowest BCUT2D eigenvalue weighted by Crippen LogP contribution is -2.23. The molecule has 19 heavy (non-hydrogen) atoms. The van der Waals surface area contributed by atoms with Gasteiger partial charge in [0.1, 0.15) is 6.10 Å². The largest absolute Gasteiger partial charge is 0.390 e. The maximum absolute atomic E-state index is 10.3. The van der Waals surface area contributed by atoms with Crippen LogP contribution in [0.3, 0.4) is 0 Å². The standard InChI is InChI=1S/C15H18ClNO2/c1-17-9-8-13(18)15(19)11-6-2-4-10-5-3-7-12(16)14(10)11/h2-7,13,15,17-19H,8-9H2,1H3. The number of benzene rings is 2. The highest BCUT2D eigenvalue weighted by molar-refractivity contribution is 6.35. The molecule has 0 spiro atoms. The van der Waals surface area contributed by atoms with Gasteiger partial charge in [0.2, 0.25) is 0 Å². The van der Waals surface area contributed by atoms with Gasteiger partial charge in [0, 0.05) is 10.4 Å². The molecule has 0 heterocycles. The normalized spacial score (nSPS) is 14.5. The van der Waals surface area contributed by atoms with Crippen LogP contribution in [0.4, 0.5) is 0 Å². The van der Waals surface area contributed by atoms with E-state index in [-0.39, 0.29) is 0 Å². The summed E-state index contributed by atoms with van der Waals surface area (Å²) in [6.45, 7) is 0.650. The average molecular weight is 280 g/mol. The minimum Gasteiger partial charge on any atom is -0.390 e. The number of rotatable bonds is 5. The fraction of sp³-hybridized carbons (Fsp3) is 0.333. The van der Waals surface area contributed by atoms with Crippen LogP contribution in [-0.4, -0.2) is 29.9 Å². The molecule has 4 heteroatoms. The van der Waals surface area contributed by atoms with Crippen LogP contribution >= 0.6 is 11.6 Å². The van der Waals surface area contributed by atoms with E-state index in [1.807, 2.05) is 37.4 Å². The van der Waals surface area contributed by atoms with Gasteiger partial charge < -0.3 is 15.5 Å². The quantitative estimate of drug-likeness (QED) is 0.788. The van der Waals surface area contributed by atoms with Crippen molar-refractivity contribution in [1.82, 2.24) is 5.32 Å². The Labute approximate surface area is 117 Å². The van der Waals surface area contributed by atoms with E-state index < -0.39 is 12.2 Å². The first-order valence-electron chi connectivity index (χ1n) is 6.33. The minimum atomic E-state index is -0.933. The first-order chi connectivity index (χ1) is 9.15. The lowest BCUT2D eigenvalue weighted by Gasteiger charge is -2.20. The molecule has 3 nitrogen and oxygen atoms in total.